The first-order valence-corrected chi connectivity index (χ1v) is 11.8. The summed E-state index contributed by atoms with van der Waals surface area (Å²) in [6.45, 7) is 2.91. The van der Waals surface area contributed by atoms with Crippen molar-refractivity contribution in [3.8, 4) is 11.5 Å². The van der Waals surface area contributed by atoms with Crippen molar-refractivity contribution in [1.29, 1.82) is 0 Å². The molecule has 1 aliphatic heterocycles. The molecule has 2 unspecified atom stereocenters. The fraction of sp³-hybridized carbons (Fsp3) is 0.240. The quantitative estimate of drug-likeness (QED) is 0.587. The molecule has 2 atom stereocenters. The second kappa shape index (κ2) is 9.79. The highest BCUT2D eigenvalue weighted by Gasteiger charge is 2.19. The number of hydrogen-bond acceptors (Lipinski definition) is 4. The third-order valence-electron chi connectivity index (χ3n) is 5.15. The van der Waals surface area contributed by atoms with Crippen molar-refractivity contribution in [1.82, 2.24) is 0 Å². The molecule has 3 aromatic carbocycles. The SMILES string of the molecule is CC(C(=O)Nc1cccc(CS(=O)Cc2ccccc2)c1)c1ccc2c(c1)OCCO2. The van der Waals surface area contributed by atoms with E-state index in [2.05, 4.69) is 5.32 Å². The topological polar surface area (TPSA) is 64.6 Å². The van der Waals surface area contributed by atoms with Crippen LogP contribution in [-0.4, -0.2) is 23.3 Å². The Morgan fingerprint density at radius 1 is 0.903 bits per heavy atom. The number of amides is 1. The van der Waals surface area contributed by atoms with Crippen LogP contribution in [0.25, 0.3) is 0 Å². The standard InChI is InChI=1S/C25H25NO4S/c1-18(21-10-11-23-24(15-21)30-13-12-29-23)25(27)26-22-9-5-8-20(14-22)17-31(28)16-19-6-3-2-4-7-19/h2-11,14-15,18H,12-13,16-17H2,1H3,(H,26,27). The summed E-state index contributed by atoms with van der Waals surface area (Å²) in [5, 5.41) is 2.97. The Kier molecular flexibility index (Phi) is 6.67. The Morgan fingerprint density at radius 3 is 2.42 bits per heavy atom. The van der Waals surface area contributed by atoms with Crippen molar-refractivity contribution in [2.24, 2.45) is 0 Å². The molecule has 0 aromatic heterocycles. The van der Waals surface area contributed by atoms with Gasteiger partial charge in [0.05, 0.1) is 5.92 Å². The zero-order chi connectivity index (χ0) is 21.6. The molecule has 4 rings (SSSR count). The normalized spacial score (nSPS) is 14.5. The maximum Gasteiger partial charge on any atom is 0.231 e. The maximum absolute atomic E-state index is 12.8. The molecule has 0 saturated carbocycles. The van der Waals surface area contributed by atoms with E-state index in [9.17, 15) is 9.00 Å². The molecule has 0 saturated heterocycles. The van der Waals surface area contributed by atoms with E-state index in [0.717, 1.165) is 16.7 Å². The number of hydrogen-bond donors (Lipinski definition) is 1. The highest BCUT2D eigenvalue weighted by molar-refractivity contribution is 7.83. The summed E-state index contributed by atoms with van der Waals surface area (Å²) < 4.78 is 23.7. The first-order chi connectivity index (χ1) is 15.1. The molecule has 6 heteroatoms. The highest BCUT2D eigenvalue weighted by atomic mass is 32.2. The first kappa shape index (κ1) is 21.1. The van der Waals surface area contributed by atoms with Crippen LogP contribution in [0.15, 0.2) is 72.8 Å². The van der Waals surface area contributed by atoms with Crippen LogP contribution in [0, 0.1) is 0 Å². The molecule has 0 radical (unpaired) electrons. The summed E-state index contributed by atoms with van der Waals surface area (Å²) in [7, 11) is -1.02. The van der Waals surface area contributed by atoms with E-state index < -0.39 is 10.8 Å². The van der Waals surface area contributed by atoms with Crippen LogP contribution in [0.3, 0.4) is 0 Å². The van der Waals surface area contributed by atoms with Crippen molar-refractivity contribution < 1.29 is 18.5 Å². The average Bonchev–Trinajstić information content (AvgIpc) is 2.79. The van der Waals surface area contributed by atoms with Crippen LogP contribution in [-0.2, 0) is 27.1 Å². The van der Waals surface area contributed by atoms with Crippen molar-refractivity contribution in [3.63, 3.8) is 0 Å². The molecule has 31 heavy (non-hydrogen) atoms. The summed E-state index contributed by atoms with van der Waals surface area (Å²) in [5.41, 5.74) is 3.54. The molecular weight excluding hydrogens is 410 g/mol. The summed E-state index contributed by atoms with van der Waals surface area (Å²) in [6, 6.07) is 22.9. The minimum absolute atomic E-state index is 0.112. The van der Waals surface area contributed by atoms with Gasteiger partial charge in [0.15, 0.2) is 11.5 Å². The predicted molar refractivity (Wildman–Crippen MR) is 123 cm³/mol. The lowest BCUT2D eigenvalue weighted by Crippen LogP contribution is -2.20. The van der Waals surface area contributed by atoms with E-state index in [4.69, 9.17) is 9.47 Å². The molecular formula is C25H25NO4S. The number of ether oxygens (including phenoxy) is 2. The zero-order valence-corrected chi connectivity index (χ0v) is 18.2. The molecule has 0 spiro atoms. The van der Waals surface area contributed by atoms with Crippen LogP contribution in [0.5, 0.6) is 11.5 Å². The Labute approximate surface area is 184 Å². The lowest BCUT2D eigenvalue weighted by molar-refractivity contribution is -0.117. The molecule has 1 amide bonds. The number of fused-ring (bicyclic) bond motifs is 1. The van der Waals surface area contributed by atoms with Gasteiger partial charge in [-0.3, -0.25) is 9.00 Å². The Morgan fingerprint density at radius 2 is 1.61 bits per heavy atom. The molecule has 0 bridgehead atoms. The van der Waals surface area contributed by atoms with Crippen LogP contribution in [0.4, 0.5) is 5.69 Å². The van der Waals surface area contributed by atoms with E-state index in [1.165, 1.54) is 0 Å². The Hall–Kier alpha value is -3.12. The van der Waals surface area contributed by atoms with E-state index >= 15 is 0 Å². The molecule has 160 valence electrons. The number of nitrogens with one attached hydrogen (secondary N) is 1. The Balaban J connectivity index is 1.39. The average molecular weight is 436 g/mol. The lowest BCUT2D eigenvalue weighted by Gasteiger charge is -2.20. The number of carbonyl (C=O) groups excluding carboxylic acids is 1. The number of anilines is 1. The van der Waals surface area contributed by atoms with Gasteiger partial charge in [0.1, 0.15) is 13.2 Å². The smallest absolute Gasteiger partial charge is 0.231 e. The van der Waals surface area contributed by atoms with Crippen molar-refractivity contribution in [2.75, 3.05) is 18.5 Å². The minimum atomic E-state index is -1.02. The van der Waals surface area contributed by atoms with Crippen LogP contribution < -0.4 is 14.8 Å². The summed E-state index contributed by atoms with van der Waals surface area (Å²) >= 11 is 0. The van der Waals surface area contributed by atoms with E-state index in [1.54, 1.807) is 0 Å². The second-order valence-electron chi connectivity index (χ2n) is 7.53. The van der Waals surface area contributed by atoms with E-state index in [-0.39, 0.29) is 11.8 Å². The molecule has 0 aliphatic carbocycles. The number of rotatable bonds is 7. The van der Waals surface area contributed by atoms with Gasteiger partial charge in [-0.2, -0.15) is 0 Å². The minimum Gasteiger partial charge on any atom is -0.486 e. The van der Waals surface area contributed by atoms with Crippen LogP contribution in [0.2, 0.25) is 0 Å². The summed E-state index contributed by atoms with van der Waals surface area (Å²) in [6.07, 6.45) is 0. The van der Waals surface area contributed by atoms with Gasteiger partial charge in [0, 0.05) is 28.0 Å². The van der Waals surface area contributed by atoms with Gasteiger partial charge in [0.25, 0.3) is 0 Å². The van der Waals surface area contributed by atoms with Crippen molar-refractivity contribution in [2.45, 2.75) is 24.3 Å². The zero-order valence-electron chi connectivity index (χ0n) is 17.4. The molecule has 1 aliphatic rings. The van der Waals surface area contributed by atoms with Gasteiger partial charge in [0.2, 0.25) is 5.91 Å². The largest absolute Gasteiger partial charge is 0.486 e. The van der Waals surface area contributed by atoms with Crippen molar-refractivity contribution in [3.05, 3.63) is 89.5 Å². The molecule has 1 heterocycles. The second-order valence-corrected chi connectivity index (χ2v) is 8.99. The number of carbonyl (C=O) groups is 1. The lowest BCUT2D eigenvalue weighted by atomic mass is 9.99. The van der Waals surface area contributed by atoms with Gasteiger partial charge in [-0.25, -0.2) is 0 Å². The molecule has 1 N–H and O–H groups in total. The van der Waals surface area contributed by atoms with Crippen molar-refractivity contribution >= 4 is 22.4 Å². The predicted octanol–water partition coefficient (Wildman–Crippen LogP) is 4.65. The van der Waals surface area contributed by atoms with E-state index in [1.807, 2.05) is 79.7 Å². The summed E-state index contributed by atoms with van der Waals surface area (Å²) in [4.78, 5) is 12.8. The number of benzene rings is 3. The monoisotopic (exact) mass is 435 g/mol. The molecule has 5 nitrogen and oxygen atoms in total. The third-order valence-corrected chi connectivity index (χ3v) is 6.46. The van der Waals surface area contributed by atoms with Gasteiger partial charge >= 0.3 is 0 Å². The van der Waals surface area contributed by atoms with Gasteiger partial charge in [-0.15, -0.1) is 0 Å². The van der Waals surface area contributed by atoms with Crippen LogP contribution in [0.1, 0.15) is 29.5 Å². The van der Waals surface area contributed by atoms with E-state index in [0.29, 0.717) is 41.9 Å². The Bertz CT molecular complexity index is 1080. The molecule has 3 aromatic rings. The van der Waals surface area contributed by atoms with Gasteiger partial charge in [-0.05, 0) is 47.9 Å². The highest BCUT2D eigenvalue weighted by Crippen LogP contribution is 2.33. The third kappa shape index (κ3) is 5.52. The van der Waals surface area contributed by atoms with Crippen LogP contribution >= 0.6 is 0 Å². The first-order valence-electron chi connectivity index (χ1n) is 10.3. The maximum atomic E-state index is 12.8. The fourth-order valence-corrected chi connectivity index (χ4v) is 4.68. The van der Waals surface area contributed by atoms with Gasteiger partial charge in [-0.1, -0.05) is 48.5 Å². The molecule has 0 fully saturated rings. The van der Waals surface area contributed by atoms with Gasteiger partial charge < -0.3 is 14.8 Å². The fourth-order valence-electron chi connectivity index (χ4n) is 3.47. The summed E-state index contributed by atoms with van der Waals surface area (Å²) in [5.74, 6) is 1.87.